The summed E-state index contributed by atoms with van der Waals surface area (Å²) in [5.74, 6) is 0.0302. The van der Waals surface area contributed by atoms with Crippen molar-refractivity contribution in [3.8, 4) is 0 Å². The highest BCUT2D eigenvalue weighted by atomic mass is 16.2. The summed E-state index contributed by atoms with van der Waals surface area (Å²) in [5.41, 5.74) is 2.58. The van der Waals surface area contributed by atoms with Crippen molar-refractivity contribution >= 4 is 22.6 Å². The molecule has 23 heavy (non-hydrogen) atoms. The van der Waals surface area contributed by atoms with E-state index in [4.69, 9.17) is 0 Å². The number of carbonyl (C=O) groups is 2. The summed E-state index contributed by atoms with van der Waals surface area (Å²) in [6.45, 7) is 7.93. The Balaban J connectivity index is 2.18. The SMILES string of the molecule is Cc1[nH]c2ccccc2c1C(=O)[C@H](C)[NH+](C)CC(=O)NC(C)C. The zero-order valence-electron chi connectivity index (χ0n) is 14.5. The summed E-state index contributed by atoms with van der Waals surface area (Å²) in [4.78, 5) is 29.0. The lowest BCUT2D eigenvalue weighted by Gasteiger charge is -2.21. The van der Waals surface area contributed by atoms with Gasteiger partial charge in [0.05, 0.1) is 12.6 Å². The highest BCUT2D eigenvalue weighted by Gasteiger charge is 2.28. The normalized spacial score (nSPS) is 14.0. The van der Waals surface area contributed by atoms with E-state index in [2.05, 4.69) is 10.3 Å². The first kappa shape index (κ1) is 17.2. The number of benzene rings is 1. The van der Waals surface area contributed by atoms with E-state index in [1.807, 2.05) is 59.0 Å². The number of para-hydroxylation sites is 1. The molecule has 0 aliphatic rings. The molecule has 0 aliphatic heterocycles. The van der Waals surface area contributed by atoms with Crippen LogP contribution >= 0.6 is 0 Å². The van der Waals surface area contributed by atoms with E-state index in [1.54, 1.807) is 0 Å². The molecule has 0 saturated heterocycles. The average molecular weight is 316 g/mol. The van der Waals surface area contributed by atoms with E-state index in [0.29, 0.717) is 0 Å². The number of amides is 1. The van der Waals surface area contributed by atoms with Gasteiger partial charge in [0.2, 0.25) is 5.78 Å². The van der Waals surface area contributed by atoms with Crippen LogP contribution < -0.4 is 10.2 Å². The Bertz CT molecular complexity index is 718. The molecule has 1 heterocycles. The quantitative estimate of drug-likeness (QED) is 0.698. The summed E-state index contributed by atoms with van der Waals surface area (Å²) in [5, 5.41) is 3.81. The molecular weight excluding hydrogens is 290 g/mol. The standard InChI is InChI=1S/C18H25N3O2/c1-11(2)19-16(22)10-21(5)13(4)18(23)17-12(3)20-15-9-7-6-8-14(15)17/h6-9,11,13,20H,10H2,1-5H3,(H,19,22)/p+1/t13-/m0/s1. The third-order valence-corrected chi connectivity index (χ3v) is 4.16. The number of aromatic amines is 1. The summed E-state index contributed by atoms with van der Waals surface area (Å²) < 4.78 is 0. The number of Topliss-reactive ketones (excluding diaryl/α,β-unsaturated/α-hetero) is 1. The Morgan fingerprint density at radius 1 is 1.22 bits per heavy atom. The number of hydrogen-bond donors (Lipinski definition) is 3. The number of nitrogens with one attached hydrogen (secondary N) is 3. The predicted molar refractivity (Wildman–Crippen MR) is 91.9 cm³/mol. The van der Waals surface area contributed by atoms with Crippen molar-refractivity contribution in [2.45, 2.75) is 39.8 Å². The van der Waals surface area contributed by atoms with E-state index in [0.717, 1.165) is 27.1 Å². The first-order valence-corrected chi connectivity index (χ1v) is 8.04. The second kappa shape index (κ2) is 6.96. The van der Waals surface area contributed by atoms with E-state index >= 15 is 0 Å². The van der Waals surface area contributed by atoms with Gasteiger partial charge in [-0.05, 0) is 33.8 Å². The zero-order valence-corrected chi connectivity index (χ0v) is 14.5. The predicted octanol–water partition coefficient (Wildman–Crippen LogP) is 1.09. The molecule has 5 nitrogen and oxygen atoms in total. The van der Waals surface area contributed by atoms with Crippen molar-refractivity contribution in [2.75, 3.05) is 13.6 Å². The number of hydrogen-bond acceptors (Lipinski definition) is 2. The third kappa shape index (κ3) is 3.79. The summed E-state index contributed by atoms with van der Waals surface area (Å²) in [6, 6.07) is 7.63. The molecule has 124 valence electrons. The molecule has 3 N–H and O–H groups in total. The van der Waals surface area contributed by atoms with Gasteiger partial charge in [0.1, 0.15) is 6.04 Å². The number of carbonyl (C=O) groups excluding carboxylic acids is 2. The van der Waals surface area contributed by atoms with Crippen LogP contribution in [0, 0.1) is 6.92 Å². The van der Waals surface area contributed by atoms with Crippen LogP contribution in [0.3, 0.4) is 0 Å². The van der Waals surface area contributed by atoms with Gasteiger partial charge in [-0.1, -0.05) is 18.2 Å². The average Bonchev–Trinajstić information content (AvgIpc) is 2.80. The lowest BCUT2D eigenvalue weighted by atomic mass is 10.0. The molecule has 2 rings (SSSR count). The molecule has 2 atom stereocenters. The molecule has 0 radical (unpaired) electrons. The van der Waals surface area contributed by atoms with Crippen molar-refractivity contribution in [3.05, 3.63) is 35.5 Å². The highest BCUT2D eigenvalue weighted by molar-refractivity contribution is 6.10. The maximum absolute atomic E-state index is 12.9. The Kier molecular flexibility index (Phi) is 5.21. The Labute approximate surface area is 137 Å². The molecule has 0 saturated carbocycles. The smallest absolute Gasteiger partial charge is 0.275 e. The first-order chi connectivity index (χ1) is 10.8. The largest absolute Gasteiger partial charge is 0.358 e. The lowest BCUT2D eigenvalue weighted by molar-refractivity contribution is -0.885. The number of rotatable bonds is 6. The Hall–Kier alpha value is -2.14. The molecule has 0 aliphatic carbocycles. The molecule has 0 fully saturated rings. The number of ketones is 1. The minimum absolute atomic E-state index is 0.0344. The van der Waals surface area contributed by atoms with Crippen molar-refractivity contribution < 1.29 is 14.5 Å². The van der Waals surface area contributed by atoms with Crippen LogP contribution in [0.25, 0.3) is 10.9 Å². The molecule has 1 unspecified atom stereocenters. The number of likely N-dealkylation sites (N-methyl/N-ethyl adjacent to an activating group) is 1. The maximum Gasteiger partial charge on any atom is 0.275 e. The number of fused-ring (bicyclic) bond motifs is 1. The Morgan fingerprint density at radius 2 is 1.87 bits per heavy atom. The molecule has 0 bridgehead atoms. The minimum atomic E-state index is -0.286. The van der Waals surface area contributed by atoms with Crippen molar-refractivity contribution in [2.24, 2.45) is 0 Å². The summed E-state index contributed by atoms with van der Waals surface area (Å²) >= 11 is 0. The van der Waals surface area contributed by atoms with Gasteiger partial charge in [-0.2, -0.15) is 0 Å². The maximum atomic E-state index is 12.9. The zero-order chi connectivity index (χ0) is 17.1. The van der Waals surface area contributed by atoms with Crippen LogP contribution in [0.4, 0.5) is 0 Å². The van der Waals surface area contributed by atoms with E-state index in [-0.39, 0.29) is 30.3 Å². The van der Waals surface area contributed by atoms with Gasteiger partial charge in [-0.15, -0.1) is 0 Å². The molecule has 0 spiro atoms. The van der Waals surface area contributed by atoms with Crippen LogP contribution in [0.5, 0.6) is 0 Å². The highest BCUT2D eigenvalue weighted by Crippen LogP contribution is 2.22. The number of aryl methyl sites for hydroxylation is 1. The van der Waals surface area contributed by atoms with E-state index < -0.39 is 0 Å². The Morgan fingerprint density at radius 3 is 2.52 bits per heavy atom. The third-order valence-electron chi connectivity index (χ3n) is 4.16. The van der Waals surface area contributed by atoms with Gasteiger partial charge < -0.3 is 15.2 Å². The van der Waals surface area contributed by atoms with Crippen molar-refractivity contribution in [1.82, 2.24) is 10.3 Å². The van der Waals surface area contributed by atoms with Gasteiger partial charge in [-0.25, -0.2) is 0 Å². The molecule has 2 aromatic rings. The van der Waals surface area contributed by atoms with Crippen LogP contribution in [0.2, 0.25) is 0 Å². The number of quaternary nitrogens is 1. The van der Waals surface area contributed by atoms with Crippen LogP contribution in [-0.2, 0) is 4.79 Å². The van der Waals surface area contributed by atoms with Crippen LogP contribution in [0.15, 0.2) is 24.3 Å². The van der Waals surface area contributed by atoms with Gasteiger partial charge in [-0.3, -0.25) is 9.59 Å². The molecule has 5 heteroatoms. The van der Waals surface area contributed by atoms with Gasteiger partial charge in [0.25, 0.3) is 5.91 Å². The van der Waals surface area contributed by atoms with Gasteiger partial charge >= 0.3 is 0 Å². The second-order valence-corrected chi connectivity index (χ2v) is 6.50. The number of H-pyrrole nitrogens is 1. The topological polar surface area (TPSA) is 66.4 Å². The second-order valence-electron chi connectivity index (χ2n) is 6.50. The molecule has 1 aromatic heterocycles. The summed E-state index contributed by atoms with van der Waals surface area (Å²) in [7, 11) is 1.88. The fourth-order valence-electron chi connectivity index (χ4n) is 2.81. The number of aromatic nitrogens is 1. The first-order valence-electron chi connectivity index (χ1n) is 8.04. The monoisotopic (exact) mass is 316 g/mol. The lowest BCUT2D eigenvalue weighted by Crippen LogP contribution is -3.14. The van der Waals surface area contributed by atoms with Crippen molar-refractivity contribution in [3.63, 3.8) is 0 Å². The fraction of sp³-hybridized carbons (Fsp3) is 0.444. The van der Waals surface area contributed by atoms with E-state index in [1.165, 1.54) is 0 Å². The van der Waals surface area contributed by atoms with Crippen molar-refractivity contribution in [1.29, 1.82) is 0 Å². The molecule has 1 amide bonds. The van der Waals surface area contributed by atoms with E-state index in [9.17, 15) is 9.59 Å². The summed E-state index contributed by atoms with van der Waals surface area (Å²) in [6.07, 6.45) is 0. The minimum Gasteiger partial charge on any atom is -0.358 e. The van der Waals surface area contributed by atoms with Gasteiger partial charge in [0, 0.05) is 22.6 Å². The molecular formula is C18H26N3O2+. The van der Waals surface area contributed by atoms with Crippen LogP contribution in [-0.4, -0.2) is 42.4 Å². The molecule has 1 aromatic carbocycles. The van der Waals surface area contributed by atoms with Gasteiger partial charge in [0.15, 0.2) is 6.54 Å². The fourth-order valence-corrected chi connectivity index (χ4v) is 2.81. The van der Waals surface area contributed by atoms with Crippen LogP contribution in [0.1, 0.15) is 36.8 Å².